The molecule has 7 heteroatoms. The van der Waals surface area contributed by atoms with Crippen LogP contribution in [0.3, 0.4) is 0 Å². The van der Waals surface area contributed by atoms with Gasteiger partial charge in [-0.2, -0.15) is 0 Å². The highest BCUT2D eigenvalue weighted by Gasteiger charge is 2.24. The highest BCUT2D eigenvalue weighted by Crippen LogP contribution is 2.28. The predicted molar refractivity (Wildman–Crippen MR) is 85.8 cm³/mol. The Hall–Kier alpha value is -1.47. The summed E-state index contributed by atoms with van der Waals surface area (Å²) in [5.41, 5.74) is 1.07. The van der Waals surface area contributed by atoms with Gasteiger partial charge in [0.2, 0.25) is 11.8 Å². The van der Waals surface area contributed by atoms with Crippen LogP contribution in [0.25, 0.3) is 0 Å². The number of amides is 2. The van der Waals surface area contributed by atoms with Crippen LogP contribution in [0.2, 0.25) is 0 Å². The van der Waals surface area contributed by atoms with Crippen LogP contribution in [0.1, 0.15) is 36.8 Å². The van der Waals surface area contributed by atoms with Crippen molar-refractivity contribution in [2.45, 2.75) is 39.2 Å². The Bertz CT molecular complexity index is 566. The first-order valence-electron chi connectivity index (χ1n) is 7.88. The van der Waals surface area contributed by atoms with Crippen molar-refractivity contribution >= 4 is 28.3 Å². The number of thiazole rings is 1. The number of nitrogens with one attached hydrogen (secondary N) is 1. The van der Waals surface area contributed by atoms with E-state index in [0.29, 0.717) is 11.7 Å². The minimum absolute atomic E-state index is 0.0942. The molecule has 1 N–H and O–H groups in total. The summed E-state index contributed by atoms with van der Waals surface area (Å²) in [4.78, 5) is 33.3. The number of aromatic nitrogens is 1. The second-order valence-corrected chi connectivity index (χ2v) is 7.06. The summed E-state index contributed by atoms with van der Waals surface area (Å²) in [5, 5.41) is 3.41. The van der Waals surface area contributed by atoms with Gasteiger partial charge in [0.25, 0.3) is 0 Å². The number of anilines is 1. The van der Waals surface area contributed by atoms with E-state index >= 15 is 0 Å². The summed E-state index contributed by atoms with van der Waals surface area (Å²) >= 11 is 1.52. The van der Waals surface area contributed by atoms with Gasteiger partial charge in [0.05, 0.1) is 12.2 Å². The molecule has 120 valence electrons. The van der Waals surface area contributed by atoms with E-state index < -0.39 is 0 Å². The number of carbonyl (C=O) groups is 2. The number of likely N-dealkylation sites (tertiary alicyclic amines) is 1. The smallest absolute Gasteiger partial charge is 0.236 e. The average Bonchev–Trinajstić information content (AvgIpc) is 2.88. The van der Waals surface area contributed by atoms with E-state index in [0.717, 1.165) is 51.1 Å². The Morgan fingerprint density at radius 1 is 1.23 bits per heavy atom. The predicted octanol–water partition coefficient (Wildman–Crippen LogP) is 1.47. The highest BCUT2D eigenvalue weighted by molar-refractivity contribution is 7.15. The van der Waals surface area contributed by atoms with Crippen LogP contribution in [0.4, 0.5) is 5.13 Å². The van der Waals surface area contributed by atoms with Gasteiger partial charge in [-0.25, -0.2) is 4.98 Å². The van der Waals surface area contributed by atoms with Crippen LogP contribution in [0.15, 0.2) is 0 Å². The van der Waals surface area contributed by atoms with Crippen molar-refractivity contribution < 1.29 is 9.59 Å². The lowest BCUT2D eigenvalue weighted by molar-refractivity contribution is -0.133. The summed E-state index contributed by atoms with van der Waals surface area (Å²) in [6.45, 7) is 5.41. The third-order valence-electron chi connectivity index (χ3n) is 4.16. The lowest BCUT2D eigenvalue weighted by Crippen LogP contribution is -2.43. The quantitative estimate of drug-likeness (QED) is 0.915. The Morgan fingerprint density at radius 2 is 2.00 bits per heavy atom. The van der Waals surface area contributed by atoms with Gasteiger partial charge in [-0.15, -0.1) is 11.3 Å². The van der Waals surface area contributed by atoms with E-state index in [1.165, 1.54) is 29.6 Å². The second kappa shape index (κ2) is 6.75. The van der Waals surface area contributed by atoms with Gasteiger partial charge in [-0.05, 0) is 19.3 Å². The summed E-state index contributed by atoms with van der Waals surface area (Å²) in [6.07, 6.45) is 4.35. The molecule has 2 amide bonds. The van der Waals surface area contributed by atoms with E-state index in [1.54, 1.807) is 0 Å². The largest absolute Gasteiger partial charge is 0.342 e. The van der Waals surface area contributed by atoms with Crippen molar-refractivity contribution in [3.05, 3.63) is 10.6 Å². The van der Waals surface area contributed by atoms with Crippen molar-refractivity contribution in [3.8, 4) is 0 Å². The molecule has 2 aliphatic rings. The summed E-state index contributed by atoms with van der Waals surface area (Å²) in [6, 6.07) is 0. The molecule has 6 nitrogen and oxygen atoms in total. The Kier molecular flexibility index (Phi) is 4.73. The first-order valence-corrected chi connectivity index (χ1v) is 8.70. The normalized spacial score (nSPS) is 18.9. The molecule has 3 rings (SSSR count). The molecule has 0 unspecified atom stereocenters. The zero-order valence-electron chi connectivity index (χ0n) is 12.9. The first kappa shape index (κ1) is 15.4. The molecule has 0 radical (unpaired) electrons. The van der Waals surface area contributed by atoms with Crippen molar-refractivity contribution in [1.29, 1.82) is 0 Å². The third-order valence-corrected chi connectivity index (χ3v) is 5.16. The zero-order chi connectivity index (χ0) is 15.5. The third kappa shape index (κ3) is 3.64. The number of hydrogen-bond acceptors (Lipinski definition) is 5. The fourth-order valence-corrected chi connectivity index (χ4v) is 4.12. The van der Waals surface area contributed by atoms with E-state index in [4.69, 9.17) is 0 Å². The zero-order valence-corrected chi connectivity index (χ0v) is 13.7. The van der Waals surface area contributed by atoms with Gasteiger partial charge < -0.3 is 10.2 Å². The molecule has 3 heterocycles. The van der Waals surface area contributed by atoms with Crippen LogP contribution in [-0.2, 0) is 22.6 Å². The molecule has 22 heavy (non-hydrogen) atoms. The number of piperidine rings is 1. The fraction of sp³-hybridized carbons (Fsp3) is 0.667. The van der Waals surface area contributed by atoms with Crippen LogP contribution in [0.5, 0.6) is 0 Å². The maximum atomic E-state index is 12.3. The second-order valence-electron chi connectivity index (χ2n) is 5.97. The maximum Gasteiger partial charge on any atom is 0.236 e. The standard InChI is InChI=1S/C15H22N4O2S/c1-11(20)16-15-17-12-5-8-18(9-13(12)22-15)10-14(21)19-6-3-2-4-7-19/h2-10H2,1H3,(H,16,17,20). The number of fused-ring (bicyclic) bond motifs is 1. The Balaban J connectivity index is 1.58. The molecule has 2 aliphatic heterocycles. The van der Waals surface area contributed by atoms with Gasteiger partial charge in [0.1, 0.15) is 0 Å². The maximum absolute atomic E-state index is 12.3. The Morgan fingerprint density at radius 3 is 2.73 bits per heavy atom. The summed E-state index contributed by atoms with van der Waals surface area (Å²) in [5.74, 6) is 0.151. The number of rotatable bonds is 3. The van der Waals surface area contributed by atoms with Gasteiger partial charge >= 0.3 is 0 Å². The van der Waals surface area contributed by atoms with Gasteiger partial charge in [0, 0.05) is 44.4 Å². The van der Waals surface area contributed by atoms with Gasteiger partial charge in [-0.1, -0.05) is 0 Å². The number of hydrogen-bond donors (Lipinski definition) is 1. The van der Waals surface area contributed by atoms with Crippen molar-refractivity contribution in [3.63, 3.8) is 0 Å². The topological polar surface area (TPSA) is 65.5 Å². The SMILES string of the molecule is CC(=O)Nc1nc2c(s1)CN(CC(=O)N1CCCCC1)CC2. The number of nitrogens with zero attached hydrogens (tertiary/aromatic N) is 3. The molecule has 1 aromatic rings. The molecule has 0 bridgehead atoms. The molecule has 1 aromatic heterocycles. The van der Waals surface area contributed by atoms with Gasteiger partial charge in [-0.3, -0.25) is 14.5 Å². The molecule has 0 saturated carbocycles. The van der Waals surface area contributed by atoms with Gasteiger partial charge in [0.15, 0.2) is 5.13 Å². The minimum atomic E-state index is -0.0942. The highest BCUT2D eigenvalue weighted by atomic mass is 32.1. The monoisotopic (exact) mass is 322 g/mol. The molecule has 0 aliphatic carbocycles. The minimum Gasteiger partial charge on any atom is -0.342 e. The Labute approximate surface area is 134 Å². The summed E-state index contributed by atoms with van der Waals surface area (Å²) in [7, 11) is 0. The molecule has 0 atom stereocenters. The van der Waals surface area contributed by atoms with Crippen LogP contribution < -0.4 is 5.32 Å². The van der Waals surface area contributed by atoms with Crippen LogP contribution >= 0.6 is 11.3 Å². The van der Waals surface area contributed by atoms with Crippen LogP contribution in [-0.4, -0.2) is 52.8 Å². The fourth-order valence-electron chi connectivity index (χ4n) is 3.02. The van der Waals surface area contributed by atoms with Crippen molar-refractivity contribution in [2.75, 3.05) is 31.5 Å². The van der Waals surface area contributed by atoms with Crippen LogP contribution in [0, 0.1) is 0 Å². The molecular formula is C15H22N4O2S. The van der Waals surface area contributed by atoms with Crippen molar-refractivity contribution in [2.24, 2.45) is 0 Å². The van der Waals surface area contributed by atoms with E-state index in [9.17, 15) is 9.59 Å². The van der Waals surface area contributed by atoms with E-state index in [2.05, 4.69) is 15.2 Å². The number of carbonyl (C=O) groups excluding carboxylic acids is 2. The molecule has 0 spiro atoms. The van der Waals surface area contributed by atoms with E-state index in [1.807, 2.05) is 4.90 Å². The average molecular weight is 322 g/mol. The summed E-state index contributed by atoms with van der Waals surface area (Å²) < 4.78 is 0. The molecule has 0 aromatic carbocycles. The molecule has 1 saturated heterocycles. The molecular weight excluding hydrogens is 300 g/mol. The molecule has 1 fully saturated rings. The first-order chi connectivity index (χ1) is 10.6. The van der Waals surface area contributed by atoms with E-state index in [-0.39, 0.29) is 11.8 Å². The lowest BCUT2D eigenvalue weighted by atomic mass is 10.1. The lowest BCUT2D eigenvalue weighted by Gasteiger charge is -2.31. The van der Waals surface area contributed by atoms with Crippen molar-refractivity contribution in [1.82, 2.24) is 14.8 Å².